The van der Waals surface area contributed by atoms with Crippen LogP contribution in [0.5, 0.6) is 0 Å². The molecule has 118 valence electrons. The van der Waals surface area contributed by atoms with Gasteiger partial charge in [-0.2, -0.15) is 0 Å². The molecular formula is C16H14Cl2N4S. The summed E-state index contributed by atoms with van der Waals surface area (Å²) in [6.45, 7) is 0. The van der Waals surface area contributed by atoms with Gasteiger partial charge in [0.2, 0.25) is 5.16 Å². The Labute approximate surface area is 148 Å². The maximum atomic E-state index is 6.09. The second-order valence-corrected chi connectivity index (χ2v) is 6.73. The molecule has 23 heavy (non-hydrogen) atoms. The third kappa shape index (κ3) is 3.99. The van der Waals surface area contributed by atoms with E-state index in [2.05, 4.69) is 10.2 Å². The normalized spacial score (nSPS) is 10.9. The highest BCUT2D eigenvalue weighted by molar-refractivity contribution is 7.98. The zero-order valence-corrected chi connectivity index (χ0v) is 14.4. The van der Waals surface area contributed by atoms with E-state index in [0.717, 1.165) is 17.0 Å². The highest BCUT2D eigenvalue weighted by Gasteiger charge is 2.11. The summed E-state index contributed by atoms with van der Waals surface area (Å²) in [5.74, 6) is 7.51. The van der Waals surface area contributed by atoms with E-state index in [1.165, 1.54) is 16.4 Å². The lowest BCUT2D eigenvalue weighted by Crippen LogP contribution is -2.14. The van der Waals surface area contributed by atoms with E-state index in [1.807, 2.05) is 42.5 Å². The number of hydrogen-bond donors (Lipinski definition) is 1. The molecule has 1 heterocycles. The Morgan fingerprint density at radius 3 is 2.48 bits per heavy atom. The Balaban J connectivity index is 1.68. The molecule has 7 heteroatoms. The van der Waals surface area contributed by atoms with Crippen molar-refractivity contribution in [3.63, 3.8) is 0 Å². The van der Waals surface area contributed by atoms with Gasteiger partial charge in [0, 0.05) is 12.2 Å². The van der Waals surface area contributed by atoms with Crippen LogP contribution >= 0.6 is 35.0 Å². The van der Waals surface area contributed by atoms with Crippen molar-refractivity contribution < 1.29 is 0 Å². The number of nitrogens with two attached hydrogens (primary N) is 1. The molecule has 0 radical (unpaired) electrons. The summed E-state index contributed by atoms with van der Waals surface area (Å²) < 4.78 is 1.54. The summed E-state index contributed by atoms with van der Waals surface area (Å²) in [7, 11) is 0. The summed E-state index contributed by atoms with van der Waals surface area (Å²) in [6, 6.07) is 15.6. The van der Waals surface area contributed by atoms with Crippen LogP contribution < -0.4 is 5.84 Å². The van der Waals surface area contributed by atoms with E-state index in [0.29, 0.717) is 27.4 Å². The van der Waals surface area contributed by atoms with Crippen molar-refractivity contribution in [1.29, 1.82) is 0 Å². The van der Waals surface area contributed by atoms with Gasteiger partial charge in [-0.25, -0.2) is 4.68 Å². The maximum Gasteiger partial charge on any atom is 0.210 e. The number of nitrogens with zero attached hydrogens (tertiary/aromatic N) is 3. The van der Waals surface area contributed by atoms with E-state index in [-0.39, 0.29) is 0 Å². The van der Waals surface area contributed by atoms with Crippen LogP contribution in [0.3, 0.4) is 0 Å². The summed E-state index contributed by atoms with van der Waals surface area (Å²) >= 11 is 13.4. The van der Waals surface area contributed by atoms with Gasteiger partial charge in [0.05, 0.1) is 10.0 Å². The monoisotopic (exact) mass is 364 g/mol. The van der Waals surface area contributed by atoms with Crippen LogP contribution in [0.15, 0.2) is 53.7 Å². The molecule has 3 rings (SSSR count). The first-order valence-electron chi connectivity index (χ1n) is 6.93. The highest BCUT2D eigenvalue weighted by Crippen LogP contribution is 2.26. The number of hydrogen-bond acceptors (Lipinski definition) is 4. The minimum Gasteiger partial charge on any atom is -0.336 e. The number of aromatic nitrogens is 3. The number of benzene rings is 2. The van der Waals surface area contributed by atoms with Crippen molar-refractivity contribution in [3.8, 4) is 0 Å². The van der Waals surface area contributed by atoms with E-state index >= 15 is 0 Å². The van der Waals surface area contributed by atoms with Crippen molar-refractivity contribution in [3.05, 3.63) is 75.5 Å². The van der Waals surface area contributed by atoms with Gasteiger partial charge in [0.1, 0.15) is 0 Å². The molecule has 0 fully saturated rings. The molecule has 4 nitrogen and oxygen atoms in total. The number of thioether (sulfide) groups is 1. The Hall–Kier alpha value is -1.69. The van der Waals surface area contributed by atoms with E-state index in [4.69, 9.17) is 29.0 Å². The largest absolute Gasteiger partial charge is 0.336 e. The highest BCUT2D eigenvalue weighted by atomic mass is 35.5. The number of halogens is 2. The van der Waals surface area contributed by atoms with E-state index in [9.17, 15) is 0 Å². The van der Waals surface area contributed by atoms with Gasteiger partial charge in [-0.15, -0.1) is 10.2 Å². The fraction of sp³-hybridized carbons (Fsp3) is 0.125. The molecular weight excluding hydrogens is 351 g/mol. The second kappa shape index (κ2) is 7.25. The zero-order valence-electron chi connectivity index (χ0n) is 12.1. The van der Waals surface area contributed by atoms with Crippen LogP contribution in [0, 0.1) is 0 Å². The number of nitrogen functional groups attached to an aromatic ring is 1. The predicted molar refractivity (Wildman–Crippen MR) is 95.4 cm³/mol. The van der Waals surface area contributed by atoms with Crippen LogP contribution in [0.4, 0.5) is 0 Å². The van der Waals surface area contributed by atoms with Crippen LogP contribution in [0.25, 0.3) is 0 Å². The maximum absolute atomic E-state index is 6.09. The molecule has 0 unspecified atom stereocenters. The molecule has 0 saturated carbocycles. The standard InChI is InChI=1S/C16H14Cl2N4S/c17-13-7-6-12(8-14(13)18)10-23-16-21-20-15(22(16)19)9-11-4-2-1-3-5-11/h1-8H,9-10,19H2. The van der Waals surface area contributed by atoms with Crippen LogP contribution in [0.2, 0.25) is 10.0 Å². The fourth-order valence-electron chi connectivity index (χ4n) is 2.08. The molecule has 2 aromatic carbocycles. The SMILES string of the molecule is Nn1c(Cc2ccccc2)nnc1SCc1ccc(Cl)c(Cl)c1. The van der Waals surface area contributed by atoms with Crippen molar-refractivity contribution in [2.75, 3.05) is 5.84 Å². The minimum atomic E-state index is 0.545. The third-order valence-electron chi connectivity index (χ3n) is 3.29. The van der Waals surface area contributed by atoms with Crippen LogP contribution in [0.1, 0.15) is 17.0 Å². The Morgan fingerprint density at radius 2 is 1.74 bits per heavy atom. The molecule has 0 amide bonds. The van der Waals surface area contributed by atoms with Gasteiger partial charge < -0.3 is 5.84 Å². The molecule has 0 aliphatic rings. The van der Waals surface area contributed by atoms with Crippen LogP contribution in [-0.4, -0.2) is 14.9 Å². The summed E-state index contributed by atoms with van der Waals surface area (Å²) in [5, 5.41) is 10.1. The first-order valence-corrected chi connectivity index (χ1v) is 8.67. The molecule has 1 aromatic heterocycles. The van der Waals surface area contributed by atoms with Gasteiger partial charge in [0.25, 0.3) is 0 Å². The number of rotatable bonds is 5. The molecule has 0 atom stereocenters. The van der Waals surface area contributed by atoms with E-state index < -0.39 is 0 Å². The molecule has 0 spiro atoms. The predicted octanol–water partition coefficient (Wildman–Crippen LogP) is 4.18. The Kier molecular flexibility index (Phi) is 5.10. The lowest BCUT2D eigenvalue weighted by molar-refractivity contribution is 0.805. The molecule has 0 aliphatic heterocycles. The Morgan fingerprint density at radius 1 is 0.957 bits per heavy atom. The molecule has 2 N–H and O–H groups in total. The smallest absolute Gasteiger partial charge is 0.210 e. The van der Waals surface area contributed by atoms with Crippen LogP contribution in [-0.2, 0) is 12.2 Å². The summed E-state index contributed by atoms with van der Waals surface area (Å²) in [5.41, 5.74) is 2.20. The molecule has 0 aliphatic carbocycles. The lowest BCUT2D eigenvalue weighted by atomic mass is 10.1. The minimum absolute atomic E-state index is 0.545. The fourth-order valence-corrected chi connectivity index (χ4v) is 3.22. The van der Waals surface area contributed by atoms with Crippen molar-refractivity contribution in [2.45, 2.75) is 17.3 Å². The molecule has 3 aromatic rings. The van der Waals surface area contributed by atoms with Gasteiger partial charge in [-0.1, -0.05) is 71.4 Å². The Bertz CT molecular complexity index is 805. The summed E-state index contributed by atoms with van der Waals surface area (Å²) in [4.78, 5) is 0. The third-order valence-corrected chi connectivity index (χ3v) is 5.05. The van der Waals surface area contributed by atoms with Crippen molar-refractivity contribution in [2.24, 2.45) is 0 Å². The van der Waals surface area contributed by atoms with Gasteiger partial charge in [-0.05, 0) is 23.3 Å². The molecule has 0 bridgehead atoms. The summed E-state index contributed by atoms with van der Waals surface area (Å²) in [6.07, 6.45) is 0.650. The first kappa shape index (κ1) is 16.2. The van der Waals surface area contributed by atoms with Crippen molar-refractivity contribution in [1.82, 2.24) is 14.9 Å². The average Bonchev–Trinajstić information content (AvgIpc) is 2.90. The topological polar surface area (TPSA) is 56.7 Å². The quantitative estimate of drug-likeness (QED) is 0.544. The van der Waals surface area contributed by atoms with Crippen molar-refractivity contribution >= 4 is 35.0 Å². The van der Waals surface area contributed by atoms with Gasteiger partial charge in [0.15, 0.2) is 5.82 Å². The van der Waals surface area contributed by atoms with Gasteiger partial charge in [-0.3, -0.25) is 0 Å². The van der Waals surface area contributed by atoms with E-state index in [1.54, 1.807) is 6.07 Å². The molecule has 0 saturated heterocycles. The zero-order chi connectivity index (χ0) is 16.2. The lowest BCUT2D eigenvalue weighted by Gasteiger charge is -2.05. The first-order chi connectivity index (χ1) is 11.1. The average molecular weight is 365 g/mol. The van der Waals surface area contributed by atoms with Gasteiger partial charge >= 0.3 is 0 Å². The second-order valence-electron chi connectivity index (χ2n) is 4.97.